The smallest absolute Gasteiger partial charge is 0.125 e. The average Bonchev–Trinajstić information content (AvgIpc) is 2.30. The number of piperazine rings is 1. The normalized spacial score (nSPS) is 17.2. The van der Waals surface area contributed by atoms with Gasteiger partial charge in [0.05, 0.1) is 0 Å². The molecule has 19 heavy (non-hydrogen) atoms. The Morgan fingerprint density at radius 2 is 1.89 bits per heavy atom. The number of nitrogens with one attached hydrogen (secondary N) is 1. The molecule has 1 atom stereocenters. The molecule has 2 nitrogen and oxygen atoms in total. The van der Waals surface area contributed by atoms with Gasteiger partial charge < -0.3 is 5.32 Å². The number of nitrogens with zero attached hydrogens (tertiary/aromatic N) is 1. The van der Waals surface area contributed by atoms with Gasteiger partial charge >= 0.3 is 0 Å². The quantitative estimate of drug-likeness (QED) is 0.910. The Morgan fingerprint density at radius 3 is 2.42 bits per heavy atom. The molecule has 0 aromatic heterocycles. The zero-order chi connectivity index (χ0) is 12.3. The van der Waals surface area contributed by atoms with Gasteiger partial charge in [-0.25, -0.2) is 4.39 Å². The minimum absolute atomic E-state index is 0. The van der Waals surface area contributed by atoms with Crippen LogP contribution in [0.3, 0.4) is 0 Å². The van der Waals surface area contributed by atoms with Crippen LogP contribution >= 0.6 is 36.4 Å². The van der Waals surface area contributed by atoms with E-state index >= 15 is 0 Å². The lowest BCUT2D eigenvalue weighted by Gasteiger charge is -2.34. The molecule has 1 N–H and O–H groups in total. The molecule has 0 unspecified atom stereocenters. The molecule has 0 saturated carbocycles. The van der Waals surface area contributed by atoms with E-state index in [9.17, 15) is 4.39 Å². The van der Waals surface area contributed by atoms with E-state index in [1.807, 2.05) is 6.07 Å². The summed E-state index contributed by atoms with van der Waals surface area (Å²) in [6.07, 6.45) is 0.972. The Bertz CT molecular complexity index is 364. The zero-order valence-electron chi connectivity index (χ0n) is 10.9. The van der Waals surface area contributed by atoms with E-state index in [1.165, 1.54) is 6.07 Å². The first-order valence-corrected chi connectivity index (χ1v) is 6.49. The van der Waals surface area contributed by atoms with E-state index in [-0.39, 0.29) is 36.7 Å². The lowest BCUT2D eigenvalue weighted by molar-refractivity contribution is 0.169. The van der Waals surface area contributed by atoms with Crippen molar-refractivity contribution in [1.82, 2.24) is 10.2 Å². The van der Waals surface area contributed by atoms with Gasteiger partial charge in [0, 0.05) is 37.2 Å². The average molecular weight is 330 g/mol. The maximum absolute atomic E-state index is 13.4. The molecule has 1 saturated heterocycles. The van der Waals surface area contributed by atoms with Crippen LogP contribution in [0.2, 0.25) is 5.02 Å². The summed E-state index contributed by atoms with van der Waals surface area (Å²) in [4.78, 5) is 2.39. The first-order chi connectivity index (χ1) is 8.20. The Balaban J connectivity index is 0.00000162. The molecular formula is C13H20Cl3FN2. The summed E-state index contributed by atoms with van der Waals surface area (Å²) >= 11 is 5.92. The second kappa shape index (κ2) is 8.98. The monoisotopic (exact) mass is 328 g/mol. The van der Waals surface area contributed by atoms with Crippen LogP contribution in [0.1, 0.15) is 24.9 Å². The molecule has 1 aromatic carbocycles. The van der Waals surface area contributed by atoms with Gasteiger partial charge in [-0.1, -0.05) is 18.5 Å². The van der Waals surface area contributed by atoms with Crippen molar-refractivity contribution in [2.45, 2.75) is 19.4 Å². The summed E-state index contributed by atoms with van der Waals surface area (Å²) in [5.74, 6) is -0.249. The molecule has 1 aromatic rings. The topological polar surface area (TPSA) is 15.3 Å². The Kier molecular flexibility index (Phi) is 8.95. The fourth-order valence-corrected chi connectivity index (χ4v) is 2.70. The second-order valence-electron chi connectivity index (χ2n) is 4.41. The summed E-state index contributed by atoms with van der Waals surface area (Å²) in [5.41, 5.74) is 0.986. The molecule has 1 aliphatic rings. The fraction of sp³-hybridized carbons (Fsp3) is 0.538. The molecular weight excluding hydrogens is 310 g/mol. The van der Waals surface area contributed by atoms with Crippen LogP contribution in [0.25, 0.3) is 0 Å². The Hall–Kier alpha value is -0.0600. The van der Waals surface area contributed by atoms with Crippen LogP contribution < -0.4 is 5.32 Å². The number of benzene rings is 1. The lowest BCUT2D eigenvalue weighted by Crippen LogP contribution is -2.45. The molecule has 0 aliphatic carbocycles. The summed E-state index contributed by atoms with van der Waals surface area (Å²) in [6, 6.07) is 5.10. The molecule has 1 fully saturated rings. The summed E-state index contributed by atoms with van der Waals surface area (Å²) < 4.78 is 13.4. The van der Waals surface area contributed by atoms with Crippen LogP contribution in [0.5, 0.6) is 0 Å². The van der Waals surface area contributed by atoms with Crippen molar-refractivity contribution in [2.24, 2.45) is 0 Å². The van der Waals surface area contributed by atoms with Crippen LogP contribution in [0.4, 0.5) is 4.39 Å². The number of hydrogen-bond acceptors (Lipinski definition) is 2. The van der Waals surface area contributed by atoms with Gasteiger partial charge in [-0.3, -0.25) is 4.90 Å². The highest BCUT2D eigenvalue weighted by atomic mass is 35.5. The van der Waals surface area contributed by atoms with Gasteiger partial charge in [-0.15, -0.1) is 24.8 Å². The van der Waals surface area contributed by atoms with Crippen LogP contribution in [-0.4, -0.2) is 31.1 Å². The predicted molar refractivity (Wildman–Crippen MR) is 83.4 cm³/mol. The highest BCUT2D eigenvalue weighted by molar-refractivity contribution is 6.30. The van der Waals surface area contributed by atoms with Gasteiger partial charge in [-0.05, 0) is 30.2 Å². The fourth-order valence-electron chi connectivity index (χ4n) is 2.47. The Labute approximate surface area is 131 Å². The van der Waals surface area contributed by atoms with Crippen LogP contribution in [-0.2, 0) is 0 Å². The number of rotatable bonds is 3. The maximum Gasteiger partial charge on any atom is 0.125 e. The van der Waals surface area contributed by atoms with Gasteiger partial charge in [-0.2, -0.15) is 0 Å². The van der Waals surface area contributed by atoms with Gasteiger partial charge in [0.25, 0.3) is 0 Å². The molecule has 0 amide bonds. The largest absolute Gasteiger partial charge is 0.314 e. The number of halogens is 4. The summed E-state index contributed by atoms with van der Waals surface area (Å²) in [7, 11) is 0. The third kappa shape index (κ3) is 5.09. The van der Waals surface area contributed by atoms with E-state index in [4.69, 9.17) is 11.6 Å². The summed E-state index contributed by atoms with van der Waals surface area (Å²) in [5, 5.41) is 3.81. The Morgan fingerprint density at radius 1 is 1.26 bits per heavy atom. The molecule has 0 bridgehead atoms. The molecule has 0 spiro atoms. The van der Waals surface area contributed by atoms with E-state index < -0.39 is 0 Å². The third-order valence-electron chi connectivity index (χ3n) is 3.25. The van der Waals surface area contributed by atoms with Crippen molar-refractivity contribution in [3.8, 4) is 0 Å². The second-order valence-corrected chi connectivity index (χ2v) is 4.85. The molecule has 110 valence electrons. The highest BCUT2D eigenvalue weighted by Gasteiger charge is 2.21. The van der Waals surface area contributed by atoms with E-state index in [0.717, 1.165) is 38.2 Å². The van der Waals surface area contributed by atoms with Crippen LogP contribution in [0, 0.1) is 5.82 Å². The van der Waals surface area contributed by atoms with E-state index in [0.29, 0.717) is 5.02 Å². The van der Waals surface area contributed by atoms with Crippen molar-refractivity contribution < 1.29 is 4.39 Å². The first-order valence-electron chi connectivity index (χ1n) is 6.11. The van der Waals surface area contributed by atoms with Gasteiger partial charge in [0.2, 0.25) is 0 Å². The van der Waals surface area contributed by atoms with Crippen molar-refractivity contribution in [2.75, 3.05) is 26.2 Å². The molecule has 0 radical (unpaired) electrons. The molecule has 1 aliphatic heterocycles. The standard InChI is InChI=1S/C13H18ClFN2.2ClH/c1-2-13(17-5-3-16-4-6-17)10-7-11(14)9-12(15)8-10;;/h7-9,13,16H,2-6H2,1H3;2*1H/t13-;;/m0../s1. The molecule has 2 rings (SSSR count). The van der Waals surface area contributed by atoms with Crippen molar-refractivity contribution in [1.29, 1.82) is 0 Å². The first kappa shape index (κ1) is 18.9. The van der Waals surface area contributed by atoms with Gasteiger partial charge in [0.15, 0.2) is 0 Å². The number of hydrogen-bond donors (Lipinski definition) is 1. The van der Waals surface area contributed by atoms with Crippen molar-refractivity contribution >= 4 is 36.4 Å². The SMILES string of the molecule is CC[C@@H](c1cc(F)cc(Cl)c1)N1CCNCC1.Cl.Cl. The highest BCUT2D eigenvalue weighted by Crippen LogP contribution is 2.27. The summed E-state index contributed by atoms with van der Waals surface area (Å²) in [6.45, 7) is 6.14. The maximum atomic E-state index is 13.4. The van der Waals surface area contributed by atoms with Crippen molar-refractivity contribution in [3.63, 3.8) is 0 Å². The lowest BCUT2D eigenvalue weighted by atomic mass is 10.0. The van der Waals surface area contributed by atoms with Gasteiger partial charge in [0.1, 0.15) is 5.82 Å². The zero-order valence-corrected chi connectivity index (χ0v) is 13.3. The van der Waals surface area contributed by atoms with E-state index in [2.05, 4.69) is 17.1 Å². The van der Waals surface area contributed by atoms with Crippen molar-refractivity contribution in [3.05, 3.63) is 34.6 Å². The molecule has 1 heterocycles. The minimum Gasteiger partial charge on any atom is -0.314 e. The van der Waals surface area contributed by atoms with Crippen LogP contribution in [0.15, 0.2) is 18.2 Å². The predicted octanol–water partition coefficient (Wildman–Crippen LogP) is 3.68. The minimum atomic E-state index is -0.249. The van der Waals surface area contributed by atoms with E-state index in [1.54, 1.807) is 6.07 Å². The molecule has 6 heteroatoms. The third-order valence-corrected chi connectivity index (χ3v) is 3.47.